The number of anilines is 1. The van der Waals surface area contributed by atoms with Gasteiger partial charge in [-0.1, -0.05) is 24.3 Å². The average Bonchev–Trinajstić information content (AvgIpc) is 2.77. The number of nitrogens with one attached hydrogen (secondary N) is 3. The third kappa shape index (κ3) is 7.63. The predicted octanol–water partition coefficient (Wildman–Crippen LogP) is 1.85. The maximum Gasteiger partial charge on any atom is 0.241 e. The summed E-state index contributed by atoms with van der Waals surface area (Å²) >= 11 is 0. The van der Waals surface area contributed by atoms with Crippen molar-refractivity contribution in [3.05, 3.63) is 59.7 Å². The van der Waals surface area contributed by atoms with Crippen molar-refractivity contribution < 1.29 is 22.7 Å². The molecule has 0 aliphatic carbocycles. The van der Waals surface area contributed by atoms with E-state index >= 15 is 0 Å². The van der Waals surface area contributed by atoms with Crippen molar-refractivity contribution in [3.8, 4) is 0 Å². The highest BCUT2D eigenvalue weighted by Gasteiger charge is 2.22. The first-order chi connectivity index (χ1) is 16.1. The number of hydrogen-bond donors (Lipinski definition) is 3. The number of carbonyl (C=O) groups is 2. The van der Waals surface area contributed by atoms with Crippen molar-refractivity contribution in [1.29, 1.82) is 0 Å². The Bertz CT molecular complexity index is 1100. The third-order valence-electron chi connectivity index (χ3n) is 5.40. The lowest BCUT2D eigenvalue weighted by Gasteiger charge is -2.31. The number of morpholine rings is 1. The number of ether oxygens (including phenoxy) is 1. The fourth-order valence-electron chi connectivity index (χ4n) is 3.75. The van der Waals surface area contributed by atoms with Crippen molar-refractivity contribution in [2.24, 2.45) is 0 Å². The Labute approximate surface area is 200 Å². The Morgan fingerprint density at radius 3 is 2.53 bits per heavy atom. The Hall–Kier alpha value is -2.79. The number of nitrogens with zero attached hydrogens (tertiary/aromatic N) is 1. The topological polar surface area (TPSA) is 117 Å². The second-order valence-corrected chi connectivity index (χ2v) is 10.2. The van der Waals surface area contributed by atoms with Crippen molar-refractivity contribution in [2.75, 3.05) is 25.0 Å². The molecule has 2 amide bonds. The van der Waals surface area contributed by atoms with Crippen LogP contribution >= 0.6 is 0 Å². The summed E-state index contributed by atoms with van der Waals surface area (Å²) < 4.78 is 33.2. The van der Waals surface area contributed by atoms with Gasteiger partial charge in [-0.05, 0) is 49.2 Å². The zero-order valence-electron chi connectivity index (χ0n) is 19.7. The molecule has 2 aromatic carbocycles. The van der Waals surface area contributed by atoms with Crippen LogP contribution in [-0.2, 0) is 37.4 Å². The number of benzene rings is 2. The summed E-state index contributed by atoms with van der Waals surface area (Å²) in [7, 11) is -3.90. The van der Waals surface area contributed by atoms with Gasteiger partial charge in [-0.15, -0.1) is 0 Å². The van der Waals surface area contributed by atoms with Crippen LogP contribution < -0.4 is 15.4 Å². The third-order valence-corrected chi connectivity index (χ3v) is 6.96. The highest BCUT2D eigenvalue weighted by Crippen LogP contribution is 2.15. The maximum atomic E-state index is 12.6. The van der Waals surface area contributed by atoms with E-state index in [1.54, 1.807) is 0 Å². The summed E-state index contributed by atoms with van der Waals surface area (Å²) in [6, 6.07) is 12.8. The van der Waals surface area contributed by atoms with Gasteiger partial charge in [0.05, 0.1) is 23.6 Å². The lowest BCUT2D eigenvalue weighted by Crippen LogP contribution is -2.44. The Morgan fingerprint density at radius 2 is 1.85 bits per heavy atom. The molecule has 1 heterocycles. The zero-order valence-corrected chi connectivity index (χ0v) is 20.5. The summed E-state index contributed by atoms with van der Waals surface area (Å²) in [5.74, 6) is -0.675. The van der Waals surface area contributed by atoms with E-state index in [0.29, 0.717) is 12.2 Å². The minimum atomic E-state index is -3.90. The highest BCUT2D eigenvalue weighted by atomic mass is 32.2. The van der Waals surface area contributed by atoms with Crippen molar-refractivity contribution in [3.63, 3.8) is 0 Å². The van der Waals surface area contributed by atoms with Gasteiger partial charge in [-0.25, -0.2) is 8.42 Å². The smallest absolute Gasteiger partial charge is 0.241 e. The molecule has 1 saturated heterocycles. The van der Waals surface area contributed by atoms with Gasteiger partial charge in [-0.2, -0.15) is 4.72 Å². The first-order valence-electron chi connectivity index (χ1n) is 11.2. The molecule has 34 heavy (non-hydrogen) atoms. The Kier molecular flexibility index (Phi) is 8.78. The largest absolute Gasteiger partial charge is 0.376 e. The lowest BCUT2D eigenvalue weighted by atomic mass is 10.1. The van der Waals surface area contributed by atoms with Crippen molar-refractivity contribution in [2.45, 2.75) is 50.9 Å². The summed E-state index contributed by atoms with van der Waals surface area (Å²) in [5, 5.41) is 5.37. The molecule has 0 bridgehead atoms. The molecule has 2 aromatic rings. The van der Waals surface area contributed by atoms with E-state index in [1.165, 1.54) is 38.1 Å². The molecular weight excluding hydrogens is 456 g/mol. The van der Waals surface area contributed by atoms with E-state index in [2.05, 4.69) is 33.2 Å². The van der Waals surface area contributed by atoms with Crippen LogP contribution in [0.3, 0.4) is 0 Å². The van der Waals surface area contributed by atoms with Crippen LogP contribution in [0.4, 0.5) is 5.69 Å². The molecule has 1 aliphatic heterocycles. The van der Waals surface area contributed by atoms with E-state index in [0.717, 1.165) is 37.4 Å². The minimum Gasteiger partial charge on any atom is -0.376 e. The lowest BCUT2D eigenvalue weighted by molar-refractivity contribution is -0.122. The molecule has 9 nitrogen and oxygen atoms in total. The maximum absolute atomic E-state index is 12.6. The number of rotatable bonds is 9. The highest BCUT2D eigenvalue weighted by molar-refractivity contribution is 7.89. The fourth-order valence-corrected chi connectivity index (χ4v) is 4.95. The molecule has 1 fully saturated rings. The average molecular weight is 489 g/mol. The van der Waals surface area contributed by atoms with Crippen LogP contribution in [0.5, 0.6) is 0 Å². The number of amides is 2. The van der Waals surface area contributed by atoms with Crippen molar-refractivity contribution >= 4 is 27.5 Å². The molecule has 0 radical (unpaired) electrons. The molecule has 1 unspecified atom stereocenters. The van der Waals surface area contributed by atoms with E-state index in [4.69, 9.17) is 4.74 Å². The molecule has 1 aliphatic rings. The summed E-state index contributed by atoms with van der Waals surface area (Å²) in [4.78, 5) is 26.0. The summed E-state index contributed by atoms with van der Waals surface area (Å²) in [6.45, 7) is 8.53. The van der Waals surface area contributed by atoms with Gasteiger partial charge in [0.1, 0.15) is 0 Å². The second-order valence-electron chi connectivity index (χ2n) is 8.50. The molecule has 0 aromatic heterocycles. The number of sulfonamides is 1. The molecule has 10 heteroatoms. The standard InChI is InChI=1S/C24H32N4O5S/c1-17-15-28(11-12-33-17)16-21-6-4-5-20(13-21)14-25-24(30)18(2)27-34(31,32)23-9-7-22(8-10-23)26-19(3)29/h4-10,13,17-18,27H,11-12,14-16H2,1-3H3,(H,25,30)(H,26,29)/t17?,18-/m0/s1. The first kappa shape index (κ1) is 25.8. The Balaban J connectivity index is 1.53. The van der Waals surface area contributed by atoms with E-state index in [9.17, 15) is 18.0 Å². The SMILES string of the molecule is CC(=O)Nc1ccc(S(=O)(=O)N[C@@H](C)C(=O)NCc2cccc(CN3CCOC(C)C3)c2)cc1. The van der Waals surface area contributed by atoms with Crippen LogP contribution in [0, 0.1) is 0 Å². The van der Waals surface area contributed by atoms with Crippen LogP contribution in [0.25, 0.3) is 0 Å². The second kappa shape index (κ2) is 11.6. The zero-order chi connectivity index (χ0) is 24.7. The van der Waals surface area contributed by atoms with Gasteiger partial charge in [0, 0.05) is 38.8 Å². The molecule has 2 atom stereocenters. The van der Waals surface area contributed by atoms with Crippen LogP contribution in [0.15, 0.2) is 53.4 Å². The van der Waals surface area contributed by atoms with Gasteiger partial charge >= 0.3 is 0 Å². The van der Waals surface area contributed by atoms with Gasteiger partial charge in [0.15, 0.2) is 0 Å². The Morgan fingerprint density at radius 1 is 1.15 bits per heavy atom. The van der Waals surface area contributed by atoms with Gasteiger partial charge in [-0.3, -0.25) is 14.5 Å². The molecule has 184 valence electrons. The van der Waals surface area contributed by atoms with Crippen molar-refractivity contribution in [1.82, 2.24) is 14.9 Å². The van der Waals surface area contributed by atoms with Crippen LogP contribution in [-0.4, -0.2) is 57.0 Å². The summed E-state index contributed by atoms with van der Waals surface area (Å²) in [6.07, 6.45) is 0.219. The number of carbonyl (C=O) groups excluding carboxylic acids is 2. The van der Waals surface area contributed by atoms with Crippen LogP contribution in [0.1, 0.15) is 31.9 Å². The van der Waals surface area contributed by atoms with E-state index < -0.39 is 22.0 Å². The first-order valence-corrected chi connectivity index (χ1v) is 12.7. The summed E-state index contributed by atoms with van der Waals surface area (Å²) in [5.41, 5.74) is 2.58. The fraction of sp³-hybridized carbons (Fsp3) is 0.417. The van der Waals surface area contributed by atoms with E-state index in [1.807, 2.05) is 18.2 Å². The normalized spacial score (nSPS) is 17.7. The molecule has 0 saturated carbocycles. The monoisotopic (exact) mass is 488 g/mol. The predicted molar refractivity (Wildman–Crippen MR) is 130 cm³/mol. The minimum absolute atomic E-state index is 0.00591. The van der Waals surface area contributed by atoms with E-state index in [-0.39, 0.29) is 16.9 Å². The molecule has 3 rings (SSSR count). The van der Waals surface area contributed by atoms with Gasteiger partial charge < -0.3 is 15.4 Å². The molecule has 3 N–H and O–H groups in total. The molecular formula is C24H32N4O5S. The van der Waals surface area contributed by atoms with Crippen LogP contribution in [0.2, 0.25) is 0 Å². The number of hydrogen-bond acceptors (Lipinski definition) is 6. The molecule has 0 spiro atoms. The quantitative estimate of drug-likeness (QED) is 0.496. The van der Waals surface area contributed by atoms with Gasteiger partial charge in [0.2, 0.25) is 21.8 Å². The van der Waals surface area contributed by atoms with Gasteiger partial charge in [0.25, 0.3) is 0 Å².